The van der Waals surface area contributed by atoms with Gasteiger partial charge in [-0.25, -0.2) is 19.4 Å². The van der Waals surface area contributed by atoms with E-state index in [-0.39, 0.29) is 25.7 Å². The predicted octanol–water partition coefficient (Wildman–Crippen LogP) is 2.32. The highest BCUT2D eigenvalue weighted by atomic mass is 16.6. The third-order valence-electron chi connectivity index (χ3n) is 11.3. The van der Waals surface area contributed by atoms with Crippen LogP contribution >= 0.6 is 0 Å². The van der Waals surface area contributed by atoms with E-state index in [2.05, 4.69) is 10.6 Å². The third kappa shape index (κ3) is 18.5. The Labute approximate surface area is 431 Å². The molecule has 4 rings (SSSR count). The van der Waals surface area contributed by atoms with E-state index in [0.717, 1.165) is 0 Å². The van der Waals surface area contributed by atoms with E-state index in [1.165, 1.54) is 41.5 Å². The van der Waals surface area contributed by atoms with Gasteiger partial charge in [-0.3, -0.25) is 28.8 Å². The number of ether oxygens (including phenoxy) is 2. The summed E-state index contributed by atoms with van der Waals surface area (Å²) >= 11 is 0. The highest BCUT2D eigenvalue weighted by Crippen LogP contribution is 2.22. The first-order valence-corrected chi connectivity index (χ1v) is 24.1. The average molecular weight is 1020 g/mol. The van der Waals surface area contributed by atoms with Gasteiger partial charge in [-0.2, -0.15) is 0 Å². The van der Waals surface area contributed by atoms with Crippen LogP contribution in [0.5, 0.6) is 0 Å². The number of nitrogens with one attached hydrogen (secondary N) is 2. The fourth-order valence-electron chi connectivity index (χ4n) is 7.90. The Morgan fingerprint density at radius 2 is 0.730 bits per heavy atom. The van der Waals surface area contributed by atoms with E-state index in [4.69, 9.17) is 32.4 Å². The van der Waals surface area contributed by atoms with E-state index < -0.39 is 120 Å². The molecule has 0 radical (unpaired) electrons. The molecule has 20 heteroatoms. The van der Waals surface area contributed by atoms with Gasteiger partial charge in [0.15, 0.2) is 0 Å². The molecule has 74 heavy (non-hydrogen) atoms. The number of aliphatic hydroxyl groups excluding tert-OH is 2. The van der Waals surface area contributed by atoms with E-state index >= 15 is 0 Å². The molecular formula is C54H70N8O12. The average Bonchev–Trinajstić information content (AvgIpc) is 3.32. The van der Waals surface area contributed by atoms with Gasteiger partial charge in [-0.05, 0) is 89.5 Å². The number of hydrogen-bond acceptors (Lipinski definition) is 14. The maximum atomic E-state index is 14.7. The van der Waals surface area contributed by atoms with Crippen LogP contribution in [0.1, 0.15) is 76.6 Å². The summed E-state index contributed by atoms with van der Waals surface area (Å²) in [5, 5.41) is 29.9. The predicted molar refractivity (Wildman–Crippen MR) is 274 cm³/mol. The van der Waals surface area contributed by atoms with Crippen molar-refractivity contribution >= 4 is 47.6 Å². The van der Waals surface area contributed by atoms with E-state index in [9.17, 15) is 48.6 Å². The van der Waals surface area contributed by atoms with E-state index in [1.807, 2.05) is 0 Å². The number of primary amides is 2. The zero-order valence-corrected chi connectivity index (χ0v) is 42.6. The number of rotatable bonds is 23. The molecule has 20 nitrogen and oxygen atoms in total. The van der Waals surface area contributed by atoms with E-state index in [0.29, 0.717) is 32.1 Å². The topological polar surface area (TPSA) is 330 Å². The summed E-state index contributed by atoms with van der Waals surface area (Å²) in [7, 11) is 0. The van der Waals surface area contributed by atoms with Crippen molar-refractivity contribution in [2.45, 2.75) is 140 Å². The van der Waals surface area contributed by atoms with Gasteiger partial charge in [0.2, 0.25) is 35.4 Å². The molecule has 8 atom stereocenters. The normalized spacial score (nSPS) is 14.8. The van der Waals surface area contributed by atoms with Crippen LogP contribution in [0.3, 0.4) is 0 Å². The number of nitrogens with two attached hydrogens (primary N) is 4. The Balaban J connectivity index is 1.80. The molecule has 0 unspecified atom stereocenters. The lowest BCUT2D eigenvalue weighted by Crippen LogP contribution is -2.63. The summed E-state index contributed by atoms with van der Waals surface area (Å²) < 4.78 is 11.1. The first kappa shape index (κ1) is 59.0. The van der Waals surface area contributed by atoms with Crippen molar-refractivity contribution in [2.24, 2.45) is 22.9 Å². The molecular weight excluding hydrogens is 953 g/mol. The van der Waals surface area contributed by atoms with Crippen molar-refractivity contribution in [3.05, 3.63) is 144 Å². The monoisotopic (exact) mass is 1020 g/mol. The van der Waals surface area contributed by atoms with Crippen LogP contribution in [0.2, 0.25) is 0 Å². The lowest BCUT2D eigenvalue weighted by Gasteiger charge is -2.37. The van der Waals surface area contributed by atoms with E-state index in [1.54, 1.807) is 121 Å². The van der Waals surface area contributed by atoms with Gasteiger partial charge < -0.3 is 53.3 Å². The van der Waals surface area contributed by atoms with Crippen LogP contribution in [0.4, 0.5) is 9.59 Å². The second-order valence-electron chi connectivity index (χ2n) is 19.9. The molecule has 0 aliphatic carbocycles. The zero-order valence-electron chi connectivity index (χ0n) is 42.6. The zero-order chi connectivity index (χ0) is 54.9. The number of carbonyl (C=O) groups excluding carboxylic acids is 8. The second kappa shape index (κ2) is 27.0. The minimum atomic E-state index is -2.05. The van der Waals surface area contributed by atoms with Gasteiger partial charge in [0.1, 0.15) is 35.5 Å². The van der Waals surface area contributed by atoms with Crippen molar-refractivity contribution < 1.29 is 58.0 Å². The first-order valence-electron chi connectivity index (χ1n) is 24.1. The molecule has 0 saturated heterocycles. The van der Waals surface area contributed by atoms with Crippen LogP contribution in [0.15, 0.2) is 121 Å². The van der Waals surface area contributed by atoms with Gasteiger partial charge in [0.25, 0.3) is 0 Å². The molecule has 0 bridgehead atoms. The number of nitrogens with zero attached hydrogens (tertiary/aromatic N) is 2. The number of carbonyl (C=O) groups is 8. The Bertz CT molecular complexity index is 2350. The lowest BCUT2D eigenvalue weighted by atomic mass is 9.90. The third-order valence-corrected chi connectivity index (χ3v) is 11.3. The molecule has 0 aliphatic rings. The molecule has 4 aromatic rings. The van der Waals surface area contributed by atoms with Crippen LogP contribution in [0.25, 0.3) is 0 Å². The van der Waals surface area contributed by atoms with Gasteiger partial charge in [-0.15, -0.1) is 0 Å². The maximum absolute atomic E-state index is 14.7. The number of hydrogen-bond donors (Lipinski definition) is 8. The van der Waals surface area contributed by atoms with Crippen molar-refractivity contribution in [1.82, 2.24) is 20.4 Å². The van der Waals surface area contributed by atoms with Gasteiger partial charge in [0.05, 0.1) is 37.0 Å². The smallest absolute Gasteiger partial charge is 0.417 e. The Kier molecular flexibility index (Phi) is 21.5. The van der Waals surface area contributed by atoms with Crippen LogP contribution in [-0.4, -0.2) is 127 Å². The minimum Gasteiger partial charge on any atom is -0.443 e. The van der Waals surface area contributed by atoms with Gasteiger partial charge in [-0.1, -0.05) is 121 Å². The number of aliphatic hydroxyl groups is 2. The minimum absolute atomic E-state index is 0.0928. The molecule has 398 valence electrons. The molecule has 8 amide bonds. The molecule has 0 aromatic heterocycles. The molecule has 12 N–H and O–H groups in total. The van der Waals surface area contributed by atoms with Crippen LogP contribution in [-0.2, 0) is 63.9 Å². The SMILES string of the molecule is CC(C)(C)OC(=O)N(C(=O)[C@@H](N)Cc1ccccc1)[C@@H](CC(N)=O)C(=O)N[C@@H](Cc1ccccc1)[C@@H](O)[C@H](O)[C@H](Cc1ccccc1)NC(=O)[C@H](CC(N)=O)N(C(=O)OC(C)(C)C)C(=O)[C@@H](N)Cc1ccccc1. The fraction of sp³-hybridized carbons (Fsp3) is 0.407. The Hall–Kier alpha value is -7.52. The number of amides is 8. The number of imide groups is 2. The molecule has 0 saturated carbocycles. The fourth-order valence-corrected chi connectivity index (χ4v) is 7.90. The molecule has 0 heterocycles. The molecule has 0 fully saturated rings. The summed E-state index contributed by atoms with van der Waals surface area (Å²) in [6.07, 6.45) is -9.28. The van der Waals surface area contributed by atoms with Gasteiger partial charge in [0, 0.05) is 0 Å². The standard InChI is InChI=1S/C54H70N8O12/c1-53(2,3)73-51(71)61(49(69)37(55)27-33-19-11-7-12-20-33)41(31-43(57)63)47(67)59-39(29-35-23-15-9-16-24-35)45(65)46(66)40(30-36-25-17-10-18-26-36)60-48(68)42(32-44(58)64)62(52(72)74-54(4,5)6)50(70)38(56)28-34-21-13-8-14-22-34/h7-26,37-42,45-46,65-66H,27-32,55-56H2,1-6H3,(H2,57,63)(H2,58,64)(H,59,67)(H,60,68)/t37-,38-,39-,40-,41-,42-,45+,46+/m0/s1. The number of benzene rings is 4. The highest BCUT2D eigenvalue weighted by molar-refractivity contribution is 6.03. The largest absolute Gasteiger partial charge is 0.443 e. The Morgan fingerprint density at radius 1 is 0.473 bits per heavy atom. The van der Waals surface area contributed by atoms with Crippen molar-refractivity contribution in [1.29, 1.82) is 0 Å². The first-order chi connectivity index (χ1) is 34.7. The van der Waals surface area contributed by atoms with Gasteiger partial charge >= 0.3 is 12.2 Å². The molecule has 0 aliphatic heterocycles. The van der Waals surface area contributed by atoms with Crippen molar-refractivity contribution in [3.63, 3.8) is 0 Å². The quantitative estimate of drug-likeness (QED) is 0.0529. The van der Waals surface area contributed by atoms with Crippen LogP contribution in [0, 0.1) is 0 Å². The second-order valence-corrected chi connectivity index (χ2v) is 19.9. The van der Waals surface area contributed by atoms with Crippen LogP contribution < -0.4 is 33.6 Å². The maximum Gasteiger partial charge on any atom is 0.417 e. The lowest BCUT2D eigenvalue weighted by molar-refractivity contribution is -0.144. The van der Waals surface area contributed by atoms with Crippen molar-refractivity contribution in [3.8, 4) is 0 Å². The summed E-state index contributed by atoms with van der Waals surface area (Å²) in [5.74, 6) is -6.79. The summed E-state index contributed by atoms with van der Waals surface area (Å²) in [6.45, 7) is 9.10. The Morgan fingerprint density at radius 3 is 0.973 bits per heavy atom. The summed E-state index contributed by atoms with van der Waals surface area (Å²) in [5.41, 5.74) is 23.9. The summed E-state index contributed by atoms with van der Waals surface area (Å²) in [4.78, 5) is 112. The summed E-state index contributed by atoms with van der Waals surface area (Å²) in [6, 6.07) is 23.9. The highest BCUT2D eigenvalue weighted by Gasteiger charge is 2.45. The molecule has 0 spiro atoms. The molecule has 4 aromatic carbocycles. The van der Waals surface area contributed by atoms with Crippen molar-refractivity contribution in [2.75, 3.05) is 0 Å².